The van der Waals surface area contributed by atoms with Gasteiger partial charge in [0.05, 0.1) is 16.1 Å². The maximum Gasteiger partial charge on any atom is 0.270 e. The van der Waals surface area contributed by atoms with Crippen molar-refractivity contribution < 1.29 is 19.3 Å². The summed E-state index contributed by atoms with van der Waals surface area (Å²) in [5.74, 6) is -0.840. The maximum absolute atomic E-state index is 12.3. The number of hydrogen-bond donors (Lipinski definition) is 1. The van der Waals surface area contributed by atoms with E-state index in [0.717, 1.165) is 22.5 Å². The van der Waals surface area contributed by atoms with Gasteiger partial charge in [0.1, 0.15) is 5.82 Å². The molecule has 0 unspecified atom stereocenters. The van der Waals surface area contributed by atoms with Crippen LogP contribution in [0.5, 0.6) is 0 Å². The van der Waals surface area contributed by atoms with E-state index in [9.17, 15) is 24.5 Å². The van der Waals surface area contributed by atoms with Gasteiger partial charge in [0, 0.05) is 36.6 Å². The Morgan fingerprint density at radius 2 is 2.04 bits per heavy atom. The number of nitro groups is 1. The number of non-ortho nitro benzene ring substituents is 1. The van der Waals surface area contributed by atoms with Gasteiger partial charge in [-0.3, -0.25) is 29.4 Å². The number of rotatable bonds is 6. The monoisotopic (exact) mass is 375 g/mol. The Balaban J connectivity index is 1.58. The molecule has 11 heteroatoms. The molecule has 26 heavy (non-hydrogen) atoms. The first-order valence-electron chi connectivity index (χ1n) is 7.61. The second-order valence-corrected chi connectivity index (χ2v) is 6.30. The largest absolute Gasteiger partial charge is 0.301 e. The van der Waals surface area contributed by atoms with Crippen LogP contribution in [0.4, 0.5) is 10.8 Å². The van der Waals surface area contributed by atoms with Crippen molar-refractivity contribution >= 4 is 40.1 Å². The fourth-order valence-electron chi connectivity index (χ4n) is 2.52. The molecule has 2 heterocycles. The molecule has 1 aliphatic heterocycles. The van der Waals surface area contributed by atoms with Gasteiger partial charge in [0.15, 0.2) is 0 Å². The molecular weight excluding hydrogens is 362 g/mol. The van der Waals surface area contributed by atoms with Crippen LogP contribution in [0.15, 0.2) is 18.2 Å². The molecule has 0 bridgehead atoms. The number of benzene rings is 1. The van der Waals surface area contributed by atoms with E-state index in [1.807, 2.05) is 0 Å². The molecule has 1 aromatic heterocycles. The molecule has 0 saturated carbocycles. The second kappa shape index (κ2) is 6.96. The molecule has 10 nitrogen and oxygen atoms in total. The van der Waals surface area contributed by atoms with E-state index in [1.165, 1.54) is 12.1 Å². The van der Waals surface area contributed by atoms with Crippen molar-refractivity contribution in [3.05, 3.63) is 45.3 Å². The third-order valence-electron chi connectivity index (χ3n) is 3.72. The van der Waals surface area contributed by atoms with E-state index in [2.05, 4.69) is 14.7 Å². The van der Waals surface area contributed by atoms with Gasteiger partial charge in [-0.25, -0.2) is 4.98 Å². The SMILES string of the molecule is Cc1nsc(NC(=O)CCCN2C(=O)c3ccc([N+](=O)[O-])cc3C2=O)n1. The Bertz CT molecular complexity index is 925. The van der Waals surface area contributed by atoms with E-state index in [4.69, 9.17) is 0 Å². The fraction of sp³-hybridized carbons (Fsp3) is 0.267. The summed E-state index contributed by atoms with van der Waals surface area (Å²) in [5.41, 5.74) is -0.106. The summed E-state index contributed by atoms with van der Waals surface area (Å²) < 4.78 is 3.95. The van der Waals surface area contributed by atoms with Gasteiger partial charge < -0.3 is 5.32 Å². The third kappa shape index (κ3) is 3.42. The molecule has 1 N–H and O–H groups in total. The Labute approximate surface area is 151 Å². The number of hydrogen-bond acceptors (Lipinski definition) is 8. The highest BCUT2D eigenvalue weighted by atomic mass is 32.1. The fourth-order valence-corrected chi connectivity index (χ4v) is 3.11. The van der Waals surface area contributed by atoms with Crippen molar-refractivity contribution in [2.45, 2.75) is 19.8 Å². The summed E-state index contributed by atoms with van der Waals surface area (Å²) in [6.45, 7) is 1.75. The lowest BCUT2D eigenvalue weighted by Crippen LogP contribution is -2.31. The van der Waals surface area contributed by atoms with Crippen LogP contribution in [0.2, 0.25) is 0 Å². The van der Waals surface area contributed by atoms with E-state index < -0.39 is 16.7 Å². The van der Waals surface area contributed by atoms with Crippen LogP contribution in [0.25, 0.3) is 0 Å². The van der Waals surface area contributed by atoms with E-state index in [1.54, 1.807) is 6.92 Å². The summed E-state index contributed by atoms with van der Waals surface area (Å²) in [4.78, 5) is 51.6. The van der Waals surface area contributed by atoms with Crippen molar-refractivity contribution in [2.75, 3.05) is 11.9 Å². The number of amides is 3. The second-order valence-electron chi connectivity index (χ2n) is 5.55. The first-order chi connectivity index (χ1) is 12.4. The van der Waals surface area contributed by atoms with Crippen LogP contribution in [0.1, 0.15) is 39.4 Å². The van der Waals surface area contributed by atoms with Crippen LogP contribution in [-0.2, 0) is 4.79 Å². The molecule has 1 aromatic carbocycles. The van der Waals surface area contributed by atoms with Gasteiger partial charge >= 0.3 is 0 Å². The number of anilines is 1. The minimum atomic E-state index is -0.625. The highest BCUT2D eigenvalue weighted by molar-refractivity contribution is 7.09. The van der Waals surface area contributed by atoms with E-state index >= 15 is 0 Å². The Hall–Kier alpha value is -3.21. The number of aryl methyl sites for hydroxylation is 1. The van der Waals surface area contributed by atoms with Gasteiger partial charge in [-0.1, -0.05) is 0 Å². The van der Waals surface area contributed by atoms with Crippen molar-refractivity contribution in [1.29, 1.82) is 0 Å². The zero-order valence-corrected chi connectivity index (χ0v) is 14.4. The standard InChI is InChI=1S/C15H13N5O5S/c1-8-16-15(26-18-8)17-12(21)3-2-6-19-13(22)10-5-4-9(20(24)25)7-11(10)14(19)23/h4-5,7H,2-3,6H2,1H3,(H,16,17,18,21). The summed E-state index contributed by atoms with van der Waals surface area (Å²) in [6, 6.07) is 3.56. The number of aromatic nitrogens is 2. The zero-order chi connectivity index (χ0) is 18.8. The van der Waals surface area contributed by atoms with Crippen LogP contribution in [0, 0.1) is 17.0 Å². The predicted molar refractivity (Wildman–Crippen MR) is 91.0 cm³/mol. The van der Waals surface area contributed by atoms with Crippen LogP contribution in [0.3, 0.4) is 0 Å². The normalized spacial score (nSPS) is 13.0. The quantitative estimate of drug-likeness (QED) is 0.461. The lowest BCUT2D eigenvalue weighted by Gasteiger charge is -2.13. The Kier molecular flexibility index (Phi) is 4.71. The maximum atomic E-state index is 12.3. The van der Waals surface area contributed by atoms with E-state index in [-0.39, 0.29) is 42.1 Å². The molecule has 0 atom stereocenters. The number of nitro benzene ring substituents is 1. The van der Waals surface area contributed by atoms with Gasteiger partial charge in [0.2, 0.25) is 11.0 Å². The Morgan fingerprint density at radius 1 is 1.31 bits per heavy atom. The number of nitrogens with one attached hydrogen (secondary N) is 1. The van der Waals surface area contributed by atoms with Crippen molar-refractivity contribution in [1.82, 2.24) is 14.3 Å². The smallest absolute Gasteiger partial charge is 0.270 e. The lowest BCUT2D eigenvalue weighted by atomic mass is 10.1. The third-order valence-corrected chi connectivity index (χ3v) is 4.45. The summed E-state index contributed by atoms with van der Waals surface area (Å²) in [5, 5.41) is 13.8. The molecule has 0 spiro atoms. The molecule has 0 saturated heterocycles. The molecule has 3 amide bonds. The number of carbonyl (C=O) groups is 3. The topological polar surface area (TPSA) is 135 Å². The minimum Gasteiger partial charge on any atom is -0.301 e. The number of imide groups is 1. The lowest BCUT2D eigenvalue weighted by molar-refractivity contribution is -0.384. The van der Waals surface area contributed by atoms with Gasteiger partial charge in [-0.15, -0.1) is 0 Å². The molecule has 0 radical (unpaired) electrons. The average Bonchev–Trinajstić information content (AvgIpc) is 3.10. The molecular formula is C15H13N5O5S. The number of nitrogens with zero attached hydrogens (tertiary/aromatic N) is 4. The first kappa shape index (κ1) is 17.6. The van der Waals surface area contributed by atoms with Gasteiger partial charge in [0.25, 0.3) is 17.5 Å². The van der Waals surface area contributed by atoms with Crippen molar-refractivity contribution in [3.63, 3.8) is 0 Å². The van der Waals surface area contributed by atoms with Crippen molar-refractivity contribution in [2.24, 2.45) is 0 Å². The molecule has 2 aromatic rings. The Morgan fingerprint density at radius 3 is 2.69 bits per heavy atom. The van der Waals surface area contributed by atoms with Crippen molar-refractivity contribution in [3.8, 4) is 0 Å². The molecule has 1 aliphatic rings. The summed E-state index contributed by atoms with van der Waals surface area (Å²) in [6.07, 6.45) is 0.351. The number of fused-ring (bicyclic) bond motifs is 1. The van der Waals surface area contributed by atoms with Gasteiger partial charge in [-0.2, -0.15) is 4.37 Å². The van der Waals surface area contributed by atoms with Crippen LogP contribution >= 0.6 is 11.5 Å². The summed E-state index contributed by atoms with van der Waals surface area (Å²) in [7, 11) is 0. The number of carbonyl (C=O) groups excluding carboxylic acids is 3. The molecule has 134 valence electrons. The predicted octanol–water partition coefficient (Wildman–Crippen LogP) is 1.77. The molecule has 0 aliphatic carbocycles. The van der Waals surface area contributed by atoms with Crippen LogP contribution < -0.4 is 5.32 Å². The minimum absolute atomic E-state index is 0.0120. The first-order valence-corrected chi connectivity index (χ1v) is 8.39. The highest BCUT2D eigenvalue weighted by Crippen LogP contribution is 2.27. The summed E-state index contributed by atoms with van der Waals surface area (Å²) >= 11 is 1.07. The van der Waals surface area contributed by atoms with E-state index in [0.29, 0.717) is 11.0 Å². The van der Waals surface area contributed by atoms with Gasteiger partial charge in [-0.05, 0) is 19.4 Å². The zero-order valence-electron chi connectivity index (χ0n) is 13.6. The molecule has 3 rings (SSSR count). The average molecular weight is 375 g/mol. The highest BCUT2D eigenvalue weighted by Gasteiger charge is 2.36. The molecule has 0 fully saturated rings. The van der Waals surface area contributed by atoms with Crippen LogP contribution in [-0.4, -0.2) is 43.4 Å².